The molecule has 0 aromatic carbocycles. The van der Waals surface area contributed by atoms with E-state index < -0.39 is 24.8 Å². The maximum atomic E-state index is 12.1. The molecule has 6 nitrogen and oxygen atoms in total. The van der Waals surface area contributed by atoms with Gasteiger partial charge in [0.25, 0.3) is 0 Å². The Kier molecular flexibility index (Phi) is 5.28. The first-order chi connectivity index (χ1) is 8.79. The highest BCUT2D eigenvalue weighted by molar-refractivity contribution is 5.66. The van der Waals surface area contributed by atoms with E-state index >= 15 is 0 Å². The van der Waals surface area contributed by atoms with Crippen LogP contribution in [0.25, 0.3) is 0 Å². The van der Waals surface area contributed by atoms with Crippen molar-refractivity contribution in [3.8, 4) is 0 Å². The van der Waals surface area contributed by atoms with Crippen molar-refractivity contribution in [3.05, 3.63) is 11.9 Å². The Balaban J connectivity index is 2.38. The van der Waals surface area contributed by atoms with Gasteiger partial charge < -0.3 is 10.2 Å². The zero-order valence-corrected chi connectivity index (χ0v) is 9.97. The molecule has 1 heterocycles. The van der Waals surface area contributed by atoms with Crippen molar-refractivity contribution < 1.29 is 28.2 Å². The van der Waals surface area contributed by atoms with E-state index in [0.29, 0.717) is 25.0 Å². The number of carbonyl (C=O) groups is 1. The Morgan fingerprint density at radius 1 is 1.42 bits per heavy atom. The van der Waals surface area contributed by atoms with Gasteiger partial charge in [0.1, 0.15) is 0 Å². The van der Waals surface area contributed by atoms with Gasteiger partial charge in [-0.15, -0.1) is 5.10 Å². The highest BCUT2D eigenvalue weighted by Crippen LogP contribution is 2.20. The summed E-state index contributed by atoms with van der Waals surface area (Å²) < 4.78 is 37.2. The van der Waals surface area contributed by atoms with Gasteiger partial charge in [-0.05, 0) is 19.3 Å². The quantitative estimate of drug-likeness (QED) is 0.728. The summed E-state index contributed by atoms with van der Waals surface area (Å²) in [7, 11) is 0. The van der Waals surface area contributed by atoms with Crippen LogP contribution in [0.2, 0.25) is 0 Å². The molecule has 0 radical (unpaired) electrons. The van der Waals surface area contributed by atoms with Gasteiger partial charge in [-0.3, -0.25) is 4.79 Å². The SMILES string of the molecule is O=C(O)CCCCc1cn(CC(O)C(F)(F)F)nn1. The van der Waals surface area contributed by atoms with Gasteiger partial charge in [-0.1, -0.05) is 5.21 Å². The molecule has 1 unspecified atom stereocenters. The Morgan fingerprint density at radius 3 is 2.68 bits per heavy atom. The number of unbranched alkanes of at least 4 members (excludes halogenated alkanes) is 1. The summed E-state index contributed by atoms with van der Waals surface area (Å²) in [6, 6.07) is 0. The highest BCUT2D eigenvalue weighted by atomic mass is 19.4. The first kappa shape index (κ1) is 15.4. The minimum atomic E-state index is -4.69. The summed E-state index contributed by atoms with van der Waals surface area (Å²) in [5, 5.41) is 24.4. The minimum Gasteiger partial charge on any atom is -0.481 e. The molecule has 108 valence electrons. The standard InChI is InChI=1S/C10H14F3N3O3/c11-10(12,13)8(17)6-16-5-7(14-15-16)3-1-2-4-9(18)19/h5,8,17H,1-4,6H2,(H,18,19). The maximum Gasteiger partial charge on any atom is 0.416 e. The number of aromatic nitrogens is 3. The first-order valence-corrected chi connectivity index (χ1v) is 5.64. The number of hydrogen-bond donors (Lipinski definition) is 2. The molecule has 0 saturated carbocycles. The number of halogens is 3. The van der Waals surface area contributed by atoms with Gasteiger partial charge in [0.05, 0.1) is 12.2 Å². The number of nitrogens with zero attached hydrogens (tertiary/aromatic N) is 3. The number of aliphatic hydroxyl groups is 1. The Hall–Kier alpha value is -1.64. The fraction of sp³-hybridized carbons (Fsp3) is 0.700. The molecule has 0 amide bonds. The molecule has 1 rings (SSSR count). The molecule has 0 bridgehead atoms. The van der Waals surface area contributed by atoms with Crippen molar-refractivity contribution in [2.75, 3.05) is 0 Å². The average molecular weight is 281 g/mol. The second-order valence-corrected chi connectivity index (χ2v) is 4.09. The number of carboxylic acid groups (broad SMARTS) is 1. The molecule has 1 atom stereocenters. The topological polar surface area (TPSA) is 88.2 Å². The third-order valence-corrected chi connectivity index (χ3v) is 2.40. The van der Waals surface area contributed by atoms with Crippen LogP contribution in [0.3, 0.4) is 0 Å². The fourth-order valence-corrected chi connectivity index (χ4v) is 1.41. The summed E-state index contributed by atoms with van der Waals surface area (Å²) in [4.78, 5) is 10.3. The average Bonchev–Trinajstić information content (AvgIpc) is 2.70. The second kappa shape index (κ2) is 6.50. The zero-order chi connectivity index (χ0) is 14.5. The van der Waals surface area contributed by atoms with E-state index in [0.717, 1.165) is 4.68 Å². The highest BCUT2D eigenvalue weighted by Gasteiger charge is 2.38. The number of rotatable bonds is 7. The van der Waals surface area contributed by atoms with Crippen molar-refractivity contribution >= 4 is 5.97 Å². The molecule has 0 saturated heterocycles. The number of alkyl halides is 3. The lowest BCUT2D eigenvalue weighted by atomic mass is 10.1. The predicted molar refractivity (Wildman–Crippen MR) is 57.3 cm³/mol. The molecule has 9 heteroatoms. The van der Waals surface area contributed by atoms with E-state index in [9.17, 15) is 18.0 Å². The normalized spacial score (nSPS) is 13.5. The van der Waals surface area contributed by atoms with Crippen LogP contribution in [0.1, 0.15) is 25.0 Å². The molecule has 0 aliphatic rings. The Morgan fingerprint density at radius 2 is 2.11 bits per heavy atom. The lowest BCUT2D eigenvalue weighted by molar-refractivity contribution is -0.208. The summed E-state index contributed by atoms with van der Waals surface area (Å²) in [5.74, 6) is -0.892. The van der Waals surface area contributed by atoms with E-state index in [1.807, 2.05) is 0 Å². The van der Waals surface area contributed by atoms with Crippen molar-refractivity contribution in [1.29, 1.82) is 0 Å². The van der Waals surface area contributed by atoms with Gasteiger partial charge in [0, 0.05) is 12.6 Å². The summed E-state index contributed by atoms with van der Waals surface area (Å²) in [6.07, 6.45) is -4.34. The predicted octanol–water partition coefficient (Wildman–Crippen LogP) is 0.999. The molecular weight excluding hydrogens is 267 g/mol. The van der Waals surface area contributed by atoms with Gasteiger partial charge >= 0.3 is 12.1 Å². The number of aliphatic hydroxyl groups excluding tert-OH is 1. The van der Waals surface area contributed by atoms with E-state index in [-0.39, 0.29) is 6.42 Å². The van der Waals surface area contributed by atoms with Crippen LogP contribution in [-0.4, -0.2) is 43.5 Å². The molecule has 1 aromatic heterocycles. The zero-order valence-electron chi connectivity index (χ0n) is 9.97. The summed E-state index contributed by atoms with van der Waals surface area (Å²) >= 11 is 0. The van der Waals surface area contributed by atoms with Crippen LogP contribution in [0.5, 0.6) is 0 Å². The van der Waals surface area contributed by atoms with E-state index in [1.165, 1.54) is 6.20 Å². The fourth-order valence-electron chi connectivity index (χ4n) is 1.41. The number of carboxylic acids is 1. The van der Waals surface area contributed by atoms with E-state index in [1.54, 1.807) is 0 Å². The van der Waals surface area contributed by atoms with Gasteiger partial charge in [0.2, 0.25) is 0 Å². The van der Waals surface area contributed by atoms with Crippen LogP contribution >= 0.6 is 0 Å². The molecule has 0 spiro atoms. The largest absolute Gasteiger partial charge is 0.481 e. The smallest absolute Gasteiger partial charge is 0.416 e. The van der Waals surface area contributed by atoms with E-state index in [4.69, 9.17) is 10.2 Å². The molecule has 0 aliphatic heterocycles. The van der Waals surface area contributed by atoms with Gasteiger partial charge in [-0.2, -0.15) is 13.2 Å². The van der Waals surface area contributed by atoms with Crippen LogP contribution < -0.4 is 0 Å². The molecule has 0 aliphatic carbocycles. The van der Waals surface area contributed by atoms with Crippen LogP contribution in [0.15, 0.2) is 6.20 Å². The first-order valence-electron chi connectivity index (χ1n) is 5.64. The van der Waals surface area contributed by atoms with Crippen molar-refractivity contribution in [2.24, 2.45) is 0 Å². The van der Waals surface area contributed by atoms with E-state index in [2.05, 4.69) is 10.3 Å². The molecule has 2 N–H and O–H groups in total. The number of aryl methyl sites for hydroxylation is 1. The lowest BCUT2D eigenvalue weighted by Gasteiger charge is -2.13. The van der Waals surface area contributed by atoms with Crippen molar-refractivity contribution in [3.63, 3.8) is 0 Å². The molecule has 1 aromatic rings. The number of aliphatic carboxylic acids is 1. The van der Waals surface area contributed by atoms with Crippen molar-refractivity contribution in [2.45, 2.75) is 44.5 Å². The Labute approximate surface area is 106 Å². The molecule has 19 heavy (non-hydrogen) atoms. The molecule has 0 fully saturated rings. The van der Waals surface area contributed by atoms with Crippen molar-refractivity contribution in [1.82, 2.24) is 15.0 Å². The van der Waals surface area contributed by atoms with Crippen LogP contribution in [-0.2, 0) is 17.8 Å². The third-order valence-electron chi connectivity index (χ3n) is 2.40. The maximum absolute atomic E-state index is 12.1. The second-order valence-electron chi connectivity index (χ2n) is 4.09. The minimum absolute atomic E-state index is 0.0426. The van der Waals surface area contributed by atoms with Gasteiger partial charge in [0.15, 0.2) is 6.10 Å². The summed E-state index contributed by atoms with van der Waals surface area (Å²) in [5.41, 5.74) is 0.472. The summed E-state index contributed by atoms with van der Waals surface area (Å²) in [6.45, 7) is -0.703. The van der Waals surface area contributed by atoms with Gasteiger partial charge in [-0.25, -0.2) is 4.68 Å². The number of hydrogen-bond acceptors (Lipinski definition) is 4. The third kappa shape index (κ3) is 5.69. The lowest BCUT2D eigenvalue weighted by Crippen LogP contribution is -2.32. The molecular formula is C10H14F3N3O3. The van der Waals surface area contributed by atoms with Crippen LogP contribution in [0.4, 0.5) is 13.2 Å². The monoisotopic (exact) mass is 281 g/mol. The Bertz CT molecular complexity index is 420. The van der Waals surface area contributed by atoms with Crippen LogP contribution in [0, 0.1) is 0 Å².